The molecule has 0 saturated carbocycles. The lowest BCUT2D eigenvalue weighted by atomic mass is 9.76. The average Bonchev–Trinajstić information content (AvgIpc) is 2.41. The van der Waals surface area contributed by atoms with E-state index in [-0.39, 0.29) is 11.5 Å². The molecule has 0 spiro atoms. The molecule has 4 nitrogen and oxygen atoms in total. The maximum atomic E-state index is 12.6. The number of aliphatic hydroxyl groups excluding tert-OH is 1. The van der Waals surface area contributed by atoms with E-state index in [1.807, 2.05) is 52.0 Å². The third kappa shape index (κ3) is 3.01. The SMILES string of the molecule is CCCC1(NOC(C)(C)C)C(=O)C=C(O)c2ccccc21. The summed E-state index contributed by atoms with van der Waals surface area (Å²) in [5, 5.41) is 10.0. The van der Waals surface area contributed by atoms with Gasteiger partial charge in [-0.05, 0) is 32.8 Å². The first-order valence-electron chi connectivity index (χ1n) is 7.30. The number of hydrogen-bond donors (Lipinski definition) is 2. The number of carbonyl (C=O) groups is 1. The van der Waals surface area contributed by atoms with Gasteiger partial charge in [-0.15, -0.1) is 0 Å². The molecule has 4 heteroatoms. The minimum Gasteiger partial charge on any atom is -0.507 e. The zero-order valence-electron chi connectivity index (χ0n) is 13.1. The number of hydroxylamine groups is 1. The van der Waals surface area contributed by atoms with E-state index >= 15 is 0 Å². The molecular formula is C17H23NO3. The summed E-state index contributed by atoms with van der Waals surface area (Å²) in [5.41, 5.74) is 3.08. The quantitative estimate of drug-likeness (QED) is 0.833. The topological polar surface area (TPSA) is 58.6 Å². The van der Waals surface area contributed by atoms with Gasteiger partial charge in [0, 0.05) is 11.6 Å². The Morgan fingerprint density at radius 1 is 1.29 bits per heavy atom. The number of aliphatic hydroxyl groups is 1. The van der Waals surface area contributed by atoms with Crippen molar-refractivity contribution in [2.24, 2.45) is 0 Å². The van der Waals surface area contributed by atoms with Crippen LogP contribution in [-0.4, -0.2) is 16.5 Å². The first kappa shape index (κ1) is 15.7. The molecule has 1 aliphatic carbocycles. The van der Waals surface area contributed by atoms with Gasteiger partial charge in [-0.1, -0.05) is 37.6 Å². The summed E-state index contributed by atoms with van der Waals surface area (Å²) in [6.45, 7) is 7.79. The van der Waals surface area contributed by atoms with Gasteiger partial charge in [-0.25, -0.2) is 0 Å². The minimum absolute atomic E-state index is 0.0138. The Labute approximate surface area is 125 Å². The second-order valence-corrected chi connectivity index (χ2v) is 6.41. The van der Waals surface area contributed by atoms with Crippen molar-refractivity contribution in [3.8, 4) is 0 Å². The molecule has 1 unspecified atom stereocenters. The van der Waals surface area contributed by atoms with Gasteiger partial charge >= 0.3 is 0 Å². The van der Waals surface area contributed by atoms with Gasteiger partial charge in [0.15, 0.2) is 5.78 Å². The molecule has 0 fully saturated rings. The Morgan fingerprint density at radius 2 is 1.95 bits per heavy atom. The number of fused-ring (bicyclic) bond motifs is 1. The Morgan fingerprint density at radius 3 is 2.57 bits per heavy atom. The molecule has 1 aromatic rings. The summed E-state index contributed by atoms with van der Waals surface area (Å²) in [6.07, 6.45) is 2.70. The highest BCUT2D eigenvalue weighted by atomic mass is 16.7. The molecule has 0 aromatic heterocycles. The monoisotopic (exact) mass is 289 g/mol. The molecule has 0 saturated heterocycles. The molecule has 1 atom stereocenters. The van der Waals surface area contributed by atoms with Crippen LogP contribution in [-0.2, 0) is 15.2 Å². The van der Waals surface area contributed by atoms with Crippen LogP contribution < -0.4 is 5.48 Å². The minimum atomic E-state index is -0.940. The van der Waals surface area contributed by atoms with Crippen molar-refractivity contribution < 1.29 is 14.7 Å². The van der Waals surface area contributed by atoms with Crippen molar-refractivity contribution in [1.29, 1.82) is 0 Å². The van der Waals surface area contributed by atoms with E-state index in [0.717, 1.165) is 12.0 Å². The molecule has 0 amide bonds. The lowest BCUT2D eigenvalue weighted by Crippen LogP contribution is -2.52. The van der Waals surface area contributed by atoms with E-state index in [9.17, 15) is 9.90 Å². The largest absolute Gasteiger partial charge is 0.507 e. The number of carbonyl (C=O) groups excluding carboxylic acids is 1. The van der Waals surface area contributed by atoms with Crippen LogP contribution in [0, 0.1) is 0 Å². The van der Waals surface area contributed by atoms with Gasteiger partial charge in [-0.3, -0.25) is 9.63 Å². The highest BCUT2D eigenvalue weighted by Crippen LogP contribution is 2.38. The van der Waals surface area contributed by atoms with Gasteiger partial charge < -0.3 is 5.11 Å². The standard InChI is InChI=1S/C17H23NO3/c1-5-10-17(18-21-16(2,3)4)13-9-7-6-8-12(13)14(19)11-15(17)20/h6-9,11,18-19H,5,10H2,1-4H3. The van der Waals surface area contributed by atoms with Crippen LogP contribution in [0.5, 0.6) is 0 Å². The number of benzene rings is 1. The number of ketones is 1. The Bertz CT molecular complexity index is 572. The summed E-state index contributed by atoms with van der Waals surface area (Å²) in [4.78, 5) is 18.3. The van der Waals surface area contributed by atoms with Gasteiger partial charge in [0.1, 0.15) is 11.3 Å². The fraction of sp³-hybridized carbons (Fsp3) is 0.471. The van der Waals surface area contributed by atoms with E-state index in [4.69, 9.17) is 4.84 Å². The van der Waals surface area contributed by atoms with Crippen molar-refractivity contribution in [2.45, 2.75) is 51.7 Å². The summed E-state index contributed by atoms with van der Waals surface area (Å²) < 4.78 is 0. The maximum absolute atomic E-state index is 12.6. The Kier molecular flexibility index (Phi) is 4.21. The van der Waals surface area contributed by atoms with Crippen molar-refractivity contribution in [1.82, 2.24) is 5.48 Å². The van der Waals surface area contributed by atoms with Gasteiger partial charge in [0.05, 0.1) is 5.60 Å². The average molecular weight is 289 g/mol. The van der Waals surface area contributed by atoms with E-state index in [1.54, 1.807) is 0 Å². The van der Waals surface area contributed by atoms with Crippen LogP contribution in [0.3, 0.4) is 0 Å². The van der Waals surface area contributed by atoms with E-state index in [2.05, 4.69) is 5.48 Å². The fourth-order valence-electron chi connectivity index (χ4n) is 2.57. The fourth-order valence-corrected chi connectivity index (χ4v) is 2.57. The summed E-state index contributed by atoms with van der Waals surface area (Å²) in [7, 11) is 0. The molecule has 21 heavy (non-hydrogen) atoms. The van der Waals surface area contributed by atoms with E-state index in [0.29, 0.717) is 12.0 Å². The molecule has 0 bridgehead atoms. The first-order chi connectivity index (χ1) is 9.80. The zero-order chi connectivity index (χ0) is 15.7. The van der Waals surface area contributed by atoms with Crippen LogP contribution in [0.25, 0.3) is 5.76 Å². The van der Waals surface area contributed by atoms with Crippen LogP contribution in [0.1, 0.15) is 51.7 Å². The summed E-state index contributed by atoms with van der Waals surface area (Å²) >= 11 is 0. The molecule has 2 rings (SSSR count). The lowest BCUT2D eigenvalue weighted by molar-refractivity contribution is -0.145. The maximum Gasteiger partial charge on any atom is 0.186 e. The van der Waals surface area contributed by atoms with Crippen LogP contribution >= 0.6 is 0 Å². The first-order valence-corrected chi connectivity index (χ1v) is 7.30. The Hall–Kier alpha value is -1.65. The summed E-state index contributed by atoms with van der Waals surface area (Å²) in [5.74, 6) is -0.162. The van der Waals surface area contributed by atoms with E-state index in [1.165, 1.54) is 6.08 Å². The van der Waals surface area contributed by atoms with Crippen LogP contribution in [0.4, 0.5) is 0 Å². The third-order valence-corrected chi connectivity index (χ3v) is 3.51. The molecule has 2 N–H and O–H groups in total. The summed E-state index contributed by atoms with van der Waals surface area (Å²) in [6, 6.07) is 7.40. The molecule has 1 aliphatic rings. The second kappa shape index (κ2) is 5.62. The molecule has 1 aromatic carbocycles. The van der Waals surface area contributed by atoms with Gasteiger partial charge in [0.25, 0.3) is 0 Å². The number of nitrogens with one attached hydrogen (secondary N) is 1. The molecule has 0 radical (unpaired) electrons. The van der Waals surface area contributed by atoms with Crippen molar-refractivity contribution in [2.75, 3.05) is 0 Å². The molecule has 114 valence electrons. The molecule has 0 aliphatic heterocycles. The lowest BCUT2D eigenvalue weighted by Gasteiger charge is -2.38. The highest BCUT2D eigenvalue weighted by molar-refractivity contribution is 6.06. The highest BCUT2D eigenvalue weighted by Gasteiger charge is 2.44. The molecule has 0 heterocycles. The van der Waals surface area contributed by atoms with Crippen molar-refractivity contribution >= 4 is 11.5 Å². The third-order valence-electron chi connectivity index (χ3n) is 3.51. The van der Waals surface area contributed by atoms with Crippen molar-refractivity contribution in [3.63, 3.8) is 0 Å². The number of hydrogen-bond acceptors (Lipinski definition) is 4. The van der Waals surface area contributed by atoms with Crippen molar-refractivity contribution in [3.05, 3.63) is 41.5 Å². The Balaban J connectivity index is 2.51. The normalized spacial score (nSPS) is 21.9. The zero-order valence-corrected chi connectivity index (χ0v) is 13.1. The van der Waals surface area contributed by atoms with Crippen LogP contribution in [0.15, 0.2) is 30.3 Å². The second-order valence-electron chi connectivity index (χ2n) is 6.41. The van der Waals surface area contributed by atoms with E-state index < -0.39 is 11.1 Å². The van der Waals surface area contributed by atoms with Gasteiger partial charge in [0.2, 0.25) is 0 Å². The predicted molar refractivity (Wildman–Crippen MR) is 82.6 cm³/mol. The predicted octanol–water partition coefficient (Wildman–Crippen LogP) is 3.48. The number of rotatable bonds is 4. The van der Waals surface area contributed by atoms with Crippen LogP contribution in [0.2, 0.25) is 0 Å². The van der Waals surface area contributed by atoms with Gasteiger partial charge in [-0.2, -0.15) is 5.48 Å². The molecular weight excluding hydrogens is 266 g/mol. The smallest absolute Gasteiger partial charge is 0.186 e.